The molecule has 118 valence electrons. The smallest absolute Gasteiger partial charge is 0.226 e. The van der Waals surface area contributed by atoms with Crippen LogP contribution in [0.2, 0.25) is 0 Å². The summed E-state index contributed by atoms with van der Waals surface area (Å²) in [6, 6.07) is 9.56. The van der Waals surface area contributed by atoms with E-state index in [4.69, 9.17) is 4.74 Å². The van der Waals surface area contributed by atoms with Gasteiger partial charge in [0.25, 0.3) is 0 Å². The molecule has 2 heterocycles. The van der Waals surface area contributed by atoms with Crippen molar-refractivity contribution >= 4 is 24.0 Å². The summed E-state index contributed by atoms with van der Waals surface area (Å²) >= 11 is 0. The van der Waals surface area contributed by atoms with Gasteiger partial charge in [0.1, 0.15) is 0 Å². The highest BCUT2D eigenvalue weighted by Crippen LogP contribution is 2.13. The van der Waals surface area contributed by atoms with E-state index in [0.717, 1.165) is 17.9 Å². The number of ether oxygens (including phenoxy) is 1. The lowest BCUT2D eigenvalue weighted by molar-refractivity contribution is -0.117. The second-order valence-electron chi connectivity index (χ2n) is 4.98. The second kappa shape index (κ2) is 7.93. The van der Waals surface area contributed by atoms with Gasteiger partial charge in [-0.15, -0.1) is 12.4 Å². The first-order valence-electron chi connectivity index (χ1n) is 7.02. The van der Waals surface area contributed by atoms with Crippen LogP contribution in [0, 0.1) is 0 Å². The number of anilines is 1. The van der Waals surface area contributed by atoms with Gasteiger partial charge in [-0.25, -0.2) is 4.68 Å². The van der Waals surface area contributed by atoms with E-state index in [0.29, 0.717) is 19.6 Å². The second-order valence-corrected chi connectivity index (χ2v) is 4.98. The molecule has 6 nitrogen and oxygen atoms in total. The Labute approximate surface area is 135 Å². The number of nitrogens with one attached hydrogen (secondary N) is 2. The number of carbonyl (C=O) groups excluding carboxylic acids is 1. The van der Waals surface area contributed by atoms with Crippen molar-refractivity contribution in [3.8, 4) is 5.69 Å². The Morgan fingerprint density at radius 2 is 2.23 bits per heavy atom. The zero-order chi connectivity index (χ0) is 14.5. The predicted octanol–water partition coefficient (Wildman–Crippen LogP) is 1.61. The van der Waals surface area contributed by atoms with Gasteiger partial charge in [0.15, 0.2) is 0 Å². The van der Waals surface area contributed by atoms with E-state index >= 15 is 0 Å². The van der Waals surface area contributed by atoms with E-state index in [9.17, 15) is 4.79 Å². The monoisotopic (exact) mass is 322 g/mol. The van der Waals surface area contributed by atoms with Crippen LogP contribution in [-0.4, -0.2) is 41.5 Å². The summed E-state index contributed by atoms with van der Waals surface area (Å²) in [7, 11) is 0. The van der Waals surface area contributed by atoms with Crippen LogP contribution in [-0.2, 0) is 9.53 Å². The summed E-state index contributed by atoms with van der Waals surface area (Å²) in [5.41, 5.74) is 1.74. The number of morpholine rings is 1. The van der Waals surface area contributed by atoms with Crippen LogP contribution in [0.5, 0.6) is 0 Å². The van der Waals surface area contributed by atoms with Crippen LogP contribution in [0.1, 0.15) is 6.42 Å². The molecule has 22 heavy (non-hydrogen) atoms. The highest BCUT2D eigenvalue weighted by atomic mass is 35.5. The van der Waals surface area contributed by atoms with E-state index < -0.39 is 0 Å². The number of benzene rings is 1. The van der Waals surface area contributed by atoms with Gasteiger partial charge in [-0.1, -0.05) is 0 Å². The summed E-state index contributed by atoms with van der Waals surface area (Å²) in [6.45, 7) is 2.11. The SMILES string of the molecule is Cl.O=C(CC1COCCN1)Nc1ccc(-n2cccn2)cc1. The Hall–Kier alpha value is -1.89. The standard InChI is InChI=1S/C15H18N4O2.ClH/c20-15(10-13-11-21-9-7-16-13)18-12-2-4-14(5-3-12)19-8-1-6-17-19;/h1-6,8,13,16H,7,9-11H2,(H,18,20);1H. The number of hydrogen-bond donors (Lipinski definition) is 2. The van der Waals surface area contributed by atoms with Gasteiger partial charge >= 0.3 is 0 Å². The normalized spacial score (nSPS) is 17.5. The average molecular weight is 323 g/mol. The molecule has 1 atom stereocenters. The zero-order valence-corrected chi connectivity index (χ0v) is 12.9. The number of rotatable bonds is 4. The highest BCUT2D eigenvalue weighted by molar-refractivity contribution is 5.91. The quantitative estimate of drug-likeness (QED) is 0.897. The molecule has 1 unspecified atom stereocenters. The fourth-order valence-corrected chi connectivity index (χ4v) is 2.31. The summed E-state index contributed by atoms with van der Waals surface area (Å²) in [6.07, 6.45) is 4.03. The minimum atomic E-state index is -0.00941. The molecule has 0 saturated carbocycles. The van der Waals surface area contributed by atoms with Crippen LogP contribution < -0.4 is 10.6 Å². The molecule has 0 aliphatic carbocycles. The summed E-state index contributed by atoms with van der Waals surface area (Å²) in [5.74, 6) is -0.00941. The third kappa shape index (κ3) is 4.30. The molecular weight excluding hydrogens is 304 g/mol. The Morgan fingerprint density at radius 1 is 1.41 bits per heavy atom. The molecular formula is C15H19ClN4O2. The molecule has 2 N–H and O–H groups in total. The van der Waals surface area contributed by atoms with Gasteiger partial charge in [0.2, 0.25) is 5.91 Å². The maximum absolute atomic E-state index is 12.0. The molecule has 1 fully saturated rings. The molecule has 3 rings (SSSR count). The van der Waals surface area contributed by atoms with Crippen LogP contribution >= 0.6 is 12.4 Å². The molecule has 0 radical (unpaired) electrons. The maximum Gasteiger partial charge on any atom is 0.226 e. The lowest BCUT2D eigenvalue weighted by Gasteiger charge is -2.23. The molecule has 1 aromatic carbocycles. The Kier molecular flexibility index (Phi) is 5.94. The van der Waals surface area contributed by atoms with Crippen molar-refractivity contribution in [3.63, 3.8) is 0 Å². The van der Waals surface area contributed by atoms with Gasteiger partial charge in [-0.05, 0) is 30.3 Å². The van der Waals surface area contributed by atoms with Crippen LogP contribution in [0.3, 0.4) is 0 Å². The first-order valence-corrected chi connectivity index (χ1v) is 7.02. The van der Waals surface area contributed by atoms with Crippen molar-refractivity contribution in [2.24, 2.45) is 0 Å². The van der Waals surface area contributed by atoms with Gasteiger partial charge < -0.3 is 15.4 Å². The molecule has 1 aliphatic rings. The Bertz CT molecular complexity index is 580. The topological polar surface area (TPSA) is 68.2 Å². The summed E-state index contributed by atoms with van der Waals surface area (Å²) in [5, 5.41) is 10.3. The number of hydrogen-bond acceptors (Lipinski definition) is 4. The highest BCUT2D eigenvalue weighted by Gasteiger charge is 2.16. The van der Waals surface area contributed by atoms with Crippen molar-refractivity contribution in [1.82, 2.24) is 15.1 Å². The third-order valence-electron chi connectivity index (χ3n) is 3.35. The molecule has 1 saturated heterocycles. The molecule has 1 aromatic heterocycles. The van der Waals surface area contributed by atoms with Crippen LogP contribution in [0.15, 0.2) is 42.7 Å². The van der Waals surface area contributed by atoms with Crippen molar-refractivity contribution in [2.45, 2.75) is 12.5 Å². The number of amides is 1. The Balaban J connectivity index is 0.00000176. The van der Waals surface area contributed by atoms with Crippen molar-refractivity contribution < 1.29 is 9.53 Å². The summed E-state index contributed by atoms with van der Waals surface area (Å²) < 4.78 is 7.11. The van der Waals surface area contributed by atoms with E-state index in [1.54, 1.807) is 10.9 Å². The van der Waals surface area contributed by atoms with Crippen molar-refractivity contribution in [3.05, 3.63) is 42.7 Å². The van der Waals surface area contributed by atoms with Gasteiger partial charge in [-0.3, -0.25) is 4.79 Å². The third-order valence-corrected chi connectivity index (χ3v) is 3.35. The first kappa shape index (κ1) is 16.5. The molecule has 1 amide bonds. The molecule has 0 bridgehead atoms. The van der Waals surface area contributed by atoms with E-state index in [2.05, 4.69) is 15.7 Å². The predicted molar refractivity (Wildman–Crippen MR) is 86.7 cm³/mol. The largest absolute Gasteiger partial charge is 0.378 e. The number of carbonyl (C=O) groups is 1. The lowest BCUT2D eigenvalue weighted by Crippen LogP contribution is -2.43. The molecule has 7 heteroatoms. The van der Waals surface area contributed by atoms with E-state index in [-0.39, 0.29) is 24.4 Å². The van der Waals surface area contributed by atoms with E-state index in [1.807, 2.05) is 36.5 Å². The van der Waals surface area contributed by atoms with E-state index in [1.165, 1.54) is 0 Å². The maximum atomic E-state index is 12.0. The van der Waals surface area contributed by atoms with Gasteiger partial charge in [0.05, 0.1) is 18.9 Å². The lowest BCUT2D eigenvalue weighted by atomic mass is 10.2. The number of halogens is 1. The minimum Gasteiger partial charge on any atom is -0.378 e. The van der Waals surface area contributed by atoms with Crippen LogP contribution in [0.4, 0.5) is 5.69 Å². The summed E-state index contributed by atoms with van der Waals surface area (Å²) in [4.78, 5) is 12.0. The zero-order valence-electron chi connectivity index (χ0n) is 12.1. The van der Waals surface area contributed by atoms with Crippen molar-refractivity contribution in [1.29, 1.82) is 0 Å². The average Bonchev–Trinajstić information content (AvgIpc) is 3.03. The van der Waals surface area contributed by atoms with Crippen molar-refractivity contribution in [2.75, 3.05) is 25.1 Å². The molecule has 2 aromatic rings. The first-order chi connectivity index (χ1) is 10.3. The molecule has 0 spiro atoms. The fraction of sp³-hybridized carbons (Fsp3) is 0.333. The van der Waals surface area contributed by atoms with Gasteiger partial charge in [-0.2, -0.15) is 5.10 Å². The van der Waals surface area contributed by atoms with Crippen LogP contribution in [0.25, 0.3) is 5.69 Å². The number of aromatic nitrogens is 2. The fourth-order valence-electron chi connectivity index (χ4n) is 2.31. The minimum absolute atomic E-state index is 0. The Morgan fingerprint density at radius 3 is 2.86 bits per heavy atom. The van der Waals surface area contributed by atoms with Gasteiger partial charge in [0, 0.05) is 37.1 Å². The number of nitrogens with zero attached hydrogens (tertiary/aromatic N) is 2. The molecule has 1 aliphatic heterocycles.